The summed E-state index contributed by atoms with van der Waals surface area (Å²) in [7, 11) is 0. The number of nitrogens with one attached hydrogen (secondary N) is 2. The molecule has 0 aromatic heterocycles. The SMILES string of the molecule is CCN1NC(=O)CC12CCNCC2. The number of amides is 1. The Kier molecular flexibility index (Phi) is 2.26. The highest BCUT2D eigenvalue weighted by Gasteiger charge is 2.44. The Balaban J connectivity index is 2.13. The molecule has 4 heteroatoms. The minimum atomic E-state index is 0.122. The van der Waals surface area contributed by atoms with Crippen molar-refractivity contribution in [1.29, 1.82) is 0 Å². The Hall–Kier alpha value is -0.610. The molecule has 0 radical (unpaired) electrons. The molecule has 2 fully saturated rings. The van der Waals surface area contributed by atoms with Gasteiger partial charge in [-0.15, -0.1) is 0 Å². The van der Waals surface area contributed by atoms with E-state index < -0.39 is 0 Å². The Bertz CT molecular complexity index is 211. The van der Waals surface area contributed by atoms with Gasteiger partial charge in [0.2, 0.25) is 5.91 Å². The fourth-order valence-electron chi connectivity index (χ4n) is 2.46. The molecule has 2 aliphatic rings. The van der Waals surface area contributed by atoms with Crippen LogP contribution in [0.3, 0.4) is 0 Å². The Labute approximate surface area is 78.6 Å². The Morgan fingerprint density at radius 3 is 2.77 bits per heavy atom. The molecule has 74 valence electrons. The number of rotatable bonds is 1. The Morgan fingerprint density at radius 2 is 2.15 bits per heavy atom. The molecule has 2 N–H and O–H groups in total. The van der Waals surface area contributed by atoms with Gasteiger partial charge in [0.25, 0.3) is 0 Å². The van der Waals surface area contributed by atoms with Gasteiger partial charge < -0.3 is 5.32 Å². The minimum Gasteiger partial charge on any atom is -0.317 e. The second-order valence-corrected chi connectivity index (χ2v) is 3.93. The van der Waals surface area contributed by atoms with Gasteiger partial charge >= 0.3 is 0 Å². The van der Waals surface area contributed by atoms with Gasteiger partial charge in [-0.3, -0.25) is 10.2 Å². The van der Waals surface area contributed by atoms with Gasteiger partial charge in [-0.2, -0.15) is 0 Å². The molecule has 0 aromatic carbocycles. The lowest BCUT2D eigenvalue weighted by Gasteiger charge is -2.39. The van der Waals surface area contributed by atoms with Crippen molar-refractivity contribution in [3.8, 4) is 0 Å². The molecule has 2 saturated heterocycles. The third kappa shape index (κ3) is 1.44. The third-order valence-electron chi connectivity index (χ3n) is 3.17. The summed E-state index contributed by atoms with van der Waals surface area (Å²) in [6.07, 6.45) is 2.85. The second kappa shape index (κ2) is 3.27. The van der Waals surface area contributed by atoms with Crippen LogP contribution in [0.4, 0.5) is 0 Å². The van der Waals surface area contributed by atoms with E-state index in [0.29, 0.717) is 6.42 Å². The maximum atomic E-state index is 11.3. The molecule has 4 nitrogen and oxygen atoms in total. The molecule has 0 aromatic rings. The van der Waals surface area contributed by atoms with E-state index in [1.54, 1.807) is 0 Å². The number of nitrogens with zero attached hydrogens (tertiary/aromatic N) is 1. The van der Waals surface area contributed by atoms with Gasteiger partial charge in [0.1, 0.15) is 0 Å². The van der Waals surface area contributed by atoms with Crippen molar-refractivity contribution in [2.45, 2.75) is 31.7 Å². The molecule has 1 amide bonds. The van der Waals surface area contributed by atoms with Gasteiger partial charge in [-0.25, -0.2) is 5.01 Å². The van der Waals surface area contributed by atoms with Gasteiger partial charge in [0, 0.05) is 13.0 Å². The van der Waals surface area contributed by atoms with Crippen molar-refractivity contribution in [2.24, 2.45) is 0 Å². The van der Waals surface area contributed by atoms with E-state index >= 15 is 0 Å². The summed E-state index contributed by atoms with van der Waals surface area (Å²) in [5.41, 5.74) is 3.05. The summed E-state index contributed by atoms with van der Waals surface area (Å²) < 4.78 is 0. The van der Waals surface area contributed by atoms with Crippen LogP contribution in [0.1, 0.15) is 26.2 Å². The summed E-state index contributed by atoms with van der Waals surface area (Å²) in [5, 5.41) is 5.45. The molecule has 2 rings (SSSR count). The number of carbonyl (C=O) groups is 1. The first-order valence-corrected chi connectivity index (χ1v) is 5.05. The van der Waals surface area contributed by atoms with Gasteiger partial charge in [-0.1, -0.05) is 6.92 Å². The number of piperidine rings is 1. The normalized spacial score (nSPS) is 27.9. The van der Waals surface area contributed by atoms with E-state index in [0.717, 1.165) is 32.5 Å². The predicted molar refractivity (Wildman–Crippen MR) is 50.0 cm³/mol. The van der Waals surface area contributed by atoms with Crippen LogP contribution in [-0.4, -0.2) is 36.1 Å². The average molecular weight is 183 g/mol. The van der Waals surface area contributed by atoms with Crippen molar-refractivity contribution in [3.05, 3.63) is 0 Å². The summed E-state index contributed by atoms with van der Waals surface area (Å²) in [6, 6.07) is 0. The van der Waals surface area contributed by atoms with E-state index in [2.05, 4.69) is 22.7 Å². The van der Waals surface area contributed by atoms with Crippen LogP contribution >= 0.6 is 0 Å². The van der Waals surface area contributed by atoms with Crippen LogP contribution in [0.15, 0.2) is 0 Å². The van der Waals surface area contributed by atoms with E-state index in [-0.39, 0.29) is 11.4 Å². The lowest BCUT2D eigenvalue weighted by Crippen LogP contribution is -2.53. The molecule has 0 aliphatic carbocycles. The van der Waals surface area contributed by atoms with Crippen LogP contribution in [0.2, 0.25) is 0 Å². The zero-order chi connectivity index (χ0) is 9.31. The molecule has 2 heterocycles. The zero-order valence-corrected chi connectivity index (χ0v) is 8.10. The molecule has 0 bridgehead atoms. The topological polar surface area (TPSA) is 44.4 Å². The molecule has 0 saturated carbocycles. The molecular formula is C9H17N3O. The van der Waals surface area contributed by atoms with Crippen molar-refractivity contribution >= 4 is 5.91 Å². The fraction of sp³-hybridized carbons (Fsp3) is 0.889. The lowest BCUT2D eigenvalue weighted by molar-refractivity contribution is -0.120. The zero-order valence-electron chi connectivity index (χ0n) is 8.10. The van der Waals surface area contributed by atoms with Gasteiger partial charge in [0.15, 0.2) is 0 Å². The summed E-state index contributed by atoms with van der Waals surface area (Å²) in [5.74, 6) is 0.184. The smallest absolute Gasteiger partial charge is 0.236 e. The van der Waals surface area contributed by atoms with Gasteiger partial charge in [-0.05, 0) is 25.9 Å². The van der Waals surface area contributed by atoms with E-state index in [1.165, 1.54) is 0 Å². The van der Waals surface area contributed by atoms with E-state index in [4.69, 9.17) is 0 Å². The molecule has 0 unspecified atom stereocenters. The quantitative estimate of drug-likeness (QED) is 0.595. The average Bonchev–Trinajstić information content (AvgIpc) is 2.43. The molecule has 1 spiro atoms. The fourth-order valence-corrected chi connectivity index (χ4v) is 2.46. The van der Waals surface area contributed by atoms with Crippen molar-refractivity contribution < 1.29 is 4.79 Å². The Morgan fingerprint density at radius 1 is 1.46 bits per heavy atom. The third-order valence-corrected chi connectivity index (χ3v) is 3.17. The largest absolute Gasteiger partial charge is 0.317 e. The molecule has 2 aliphatic heterocycles. The minimum absolute atomic E-state index is 0.122. The number of carbonyl (C=O) groups excluding carboxylic acids is 1. The van der Waals surface area contributed by atoms with Crippen LogP contribution in [-0.2, 0) is 4.79 Å². The predicted octanol–water partition coefficient (Wildman–Crippen LogP) is -0.135. The van der Waals surface area contributed by atoms with Crippen molar-refractivity contribution in [2.75, 3.05) is 19.6 Å². The summed E-state index contributed by atoms with van der Waals surface area (Å²) in [6.45, 7) is 5.07. The number of hydrogen-bond donors (Lipinski definition) is 2. The highest BCUT2D eigenvalue weighted by Crippen LogP contribution is 2.32. The first-order chi connectivity index (χ1) is 6.27. The van der Waals surface area contributed by atoms with Crippen LogP contribution in [0, 0.1) is 0 Å². The highest BCUT2D eigenvalue weighted by atomic mass is 16.2. The number of hydrazine groups is 1. The second-order valence-electron chi connectivity index (χ2n) is 3.93. The van der Waals surface area contributed by atoms with Crippen LogP contribution in [0.5, 0.6) is 0 Å². The standard InChI is InChI=1S/C9H17N3O/c1-2-12-9(7-8(13)11-12)3-5-10-6-4-9/h10H,2-7H2,1H3,(H,11,13). The first-order valence-electron chi connectivity index (χ1n) is 5.05. The van der Waals surface area contributed by atoms with Crippen molar-refractivity contribution in [3.63, 3.8) is 0 Å². The summed E-state index contributed by atoms with van der Waals surface area (Å²) >= 11 is 0. The van der Waals surface area contributed by atoms with E-state index in [9.17, 15) is 4.79 Å². The molecule has 13 heavy (non-hydrogen) atoms. The first kappa shape index (κ1) is 8.97. The monoisotopic (exact) mass is 183 g/mol. The molecule has 0 atom stereocenters. The summed E-state index contributed by atoms with van der Waals surface area (Å²) in [4.78, 5) is 11.3. The highest BCUT2D eigenvalue weighted by molar-refractivity contribution is 5.79. The maximum Gasteiger partial charge on any atom is 0.236 e. The van der Waals surface area contributed by atoms with Crippen LogP contribution in [0.25, 0.3) is 0 Å². The van der Waals surface area contributed by atoms with E-state index in [1.807, 2.05) is 0 Å². The maximum absolute atomic E-state index is 11.3. The molecular weight excluding hydrogens is 166 g/mol. The number of hydrogen-bond acceptors (Lipinski definition) is 3. The van der Waals surface area contributed by atoms with Crippen molar-refractivity contribution in [1.82, 2.24) is 15.8 Å². The lowest BCUT2D eigenvalue weighted by atomic mass is 9.85. The van der Waals surface area contributed by atoms with Crippen LogP contribution < -0.4 is 10.7 Å². The van der Waals surface area contributed by atoms with Gasteiger partial charge in [0.05, 0.1) is 5.54 Å².